The van der Waals surface area contributed by atoms with Gasteiger partial charge in [0, 0.05) is 35.7 Å². The van der Waals surface area contributed by atoms with Crippen LogP contribution in [0.15, 0.2) is 36.4 Å². The van der Waals surface area contributed by atoms with Crippen LogP contribution in [0.3, 0.4) is 0 Å². The molecule has 30 heavy (non-hydrogen) atoms. The minimum Gasteiger partial charge on any atom is -0.497 e. The highest BCUT2D eigenvalue weighted by atomic mass is 35.5. The number of halogens is 1. The summed E-state index contributed by atoms with van der Waals surface area (Å²) < 4.78 is 15.8. The number of hydrogen-bond acceptors (Lipinski definition) is 5. The number of nitrogens with zero attached hydrogens (tertiary/aromatic N) is 1. The number of carbonyl (C=O) groups excluding carboxylic acids is 2. The molecule has 2 amide bonds. The molecule has 1 saturated heterocycles. The number of methoxy groups -OCH3 is 3. The second-order valence-corrected chi connectivity index (χ2v) is 7.44. The molecule has 0 unspecified atom stereocenters. The minimum atomic E-state index is -0.197. The lowest BCUT2D eigenvalue weighted by atomic mass is 9.95. The lowest BCUT2D eigenvalue weighted by Crippen LogP contribution is -2.41. The van der Waals surface area contributed by atoms with Crippen molar-refractivity contribution in [3.63, 3.8) is 0 Å². The molecule has 1 fully saturated rings. The van der Waals surface area contributed by atoms with Crippen LogP contribution in [0.2, 0.25) is 5.02 Å². The maximum atomic E-state index is 12.9. The first kappa shape index (κ1) is 21.8. The van der Waals surface area contributed by atoms with Crippen LogP contribution in [0.25, 0.3) is 0 Å². The van der Waals surface area contributed by atoms with Gasteiger partial charge in [0.25, 0.3) is 5.91 Å². The predicted molar refractivity (Wildman–Crippen MR) is 115 cm³/mol. The van der Waals surface area contributed by atoms with E-state index in [1.807, 2.05) is 0 Å². The van der Waals surface area contributed by atoms with Crippen molar-refractivity contribution in [1.82, 2.24) is 4.90 Å². The topological polar surface area (TPSA) is 77.1 Å². The Morgan fingerprint density at radius 1 is 0.967 bits per heavy atom. The van der Waals surface area contributed by atoms with Gasteiger partial charge in [0.1, 0.15) is 17.2 Å². The van der Waals surface area contributed by atoms with E-state index >= 15 is 0 Å². The molecule has 0 saturated carbocycles. The van der Waals surface area contributed by atoms with Gasteiger partial charge in [-0.25, -0.2) is 0 Å². The normalized spacial score (nSPS) is 14.2. The van der Waals surface area contributed by atoms with E-state index in [9.17, 15) is 9.59 Å². The number of likely N-dealkylation sites (tertiary alicyclic amines) is 1. The van der Waals surface area contributed by atoms with Gasteiger partial charge in [-0.15, -0.1) is 0 Å². The molecule has 3 rings (SSSR count). The first-order valence-electron chi connectivity index (χ1n) is 9.62. The Balaban J connectivity index is 1.63. The monoisotopic (exact) mass is 432 g/mol. The molecule has 1 aliphatic rings. The van der Waals surface area contributed by atoms with Gasteiger partial charge >= 0.3 is 0 Å². The van der Waals surface area contributed by atoms with Crippen LogP contribution in [0.5, 0.6) is 17.2 Å². The van der Waals surface area contributed by atoms with Crippen LogP contribution in [-0.4, -0.2) is 51.1 Å². The van der Waals surface area contributed by atoms with Crippen LogP contribution in [0, 0.1) is 5.92 Å². The lowest BCUT2D eigenvalue weighted by Gasteiger charge is -2.31. The van der Waals surface area contributed by atoms with Crippen LogP contribution in [-0.2, 0) is 4.79 Å². The molecule has 0 bridgehead atoms. The summed E-state index contributed by atoms with van der Waals surface area (Å²) in [5.41, 5.74) is 1.04. The Labute approximate surface area is 180 Å². The number of amides is 2. The molecule has 8 heteroatoms. The highest BCUT2D eigenvalue weighted by Crippen LogP contribution is 2.30. The summed E-state index contributed by atoms with van der Waals surface area (Å²) in [4.78, 5) is 27.4. The third-order valence-corrected chi connectivity index (χ3v) is 5.41. The lowest BCUT2D eigenvalue weighted by molar-refractivity contribution is -0.121. The molecule has 2 aromatic rings. The number of nitrogens with one attached hydrogen (secondary N) is 1. The van der Waals surface area contributed by atoms with E-state index < -0.39 is 0 Å². The molecule has 1 aliphatic heterocycles. The molecular weight excluding hydrogens is 408 g/mol. The molecule has 0 atom stereocenters. The largest absolute Gasteiger partial charge is 0.497 e. The van der Waals surface area contributed by atoms with Crippen molar-refractivity contribution >= 4 is 29.1 Å². The van der Waals surface area contributed by atoms with Crippen molar-refractivity contribution in [2.24, 2.45) is 5.92 Å². The maximum Gasteiger partial charge on any atom is 0.254 e. The van der Waals surface area contributed by atoms with Crippen LogP contribution < -0.4 is 19.5 Å². The van der Waals surface area contributed by atoms with Gasteiger partial charge in [0.05, 0.1) is 27.0 Å². The van der Waals surface area contributed by atoms with Crippen LogP contribution in [0.4, 0.5) is 5.69 Å². The average molecular weight is 433 g/mol. The van der Waals surface area contributed by atoms with Crippen molar-refractivity contribution in [3.05, 3.63) is 47.0 Å². The van der Waals surface area contributed by atoms with Gasteiger partial charge in [-0.3, -0.25) is 9.59 Å². The van der Waals surface area contributed by atoms with Gasteiger partial charge in [-0.2, -0.15) is 0 Å². The summed E-state index contributed by atoms with van der Waals surface area (Å²) in [5, 5.41) is 3.41. The van der Waals surface area contributed by atoms with E-state index in [1.165, 1.54) is 7.11 Å². The molecule has 1 N–H and O–H groups in total. The van der Waals surface area contributed by atoms with Crippen molar-refractivity contribution in [3.8, 4) is 17.2 Å². The zero-order chi connectivity index (χ0) is 21.7. The van der Waals surface area contributed by atoms with Gasteiger partial charge in [0.15, 0.2) is 0 Å². The molecule has 7 nitrogen and oxygen atoms in total. The Morgan fingerprint density at radius 3 is 2.17 bits per heavy atom. The maximum absolute atomic E-state index is 12.9. The molecule has 0 radical (unpaired) electrons. The molecule has 2 aromatic carbocycles. The first-order chi connectivity index (χ1) is 14.4. The number of carbonyl (C=O) groups is 2. The van der Waals surface area contributed by atoms with Crippen molar-refractivity contribution in [1.29, 1.82) is 0 Å². The predicted octanol–water partition coefficient (Wildman–Crippen LogP) is 3.86. The summed E-state index contributed by atoms with van der Waals surface area (Å²) in [7, 11) is 4.63. The number of anilines is 1. The Hall–Kier alpha value is -2.93. The third kappa shape index (κ3) is 4.97. The SMILES string of the molecule is COc1cc(OC)cc(C(=O)N2CCC(C(=O)Nc3cc(Cl)ccc3OC)CC2)c1. The molecule has 160 valence electrons. The summed E-state index contributed by atoms with van der Waals surface area (Å²) in [6, 6.07) is 10.2. The Kier molecular flexibility index (Phi) is 7.05. The molecular formula is C22H25ClN2O5. The second kappa shape index (κ2) is 9.71. The highest BCUT2D eigenvalue weighted by Gasteiger charge is 2.28. The van der Waals surface area contributed by atoms with Gasteiger partial charge in [-0.05, 0) is 43.2 Å². The van der Waals surface area contributed by atoms with E-state index in [0.717, 1.165) is 0 Å². The van der Waals surface area contributed by atoms with Gasteiger partial charge in [0.2, 0.25) is 5.91 Å². The Morgan fingerprint density at radius 2 is 1.60 bits per heavy atom. The zero-order valence-corrected chi connectivity index (χ0v) is 18.0. The minimum absolute atomic E-state index is 0.106. The second-order valence-electron chi connectivity index (χ2n) is 7.00. The van der Waals surface area contributed by atoms with Crippen LogP contribution in [0.1, 0.15) is 23.2 Å². The fourth-order valence-electron chi connectivity index (χ4n) is 3.47. The van der Waals surface area contributed by atoms with Crippen molar-refractivity contribution in [2.45, 2.75) is 12.8 Å². The fourth-order valence-corrected chi connectivity index (χ4v) is 3.64. The van der Waals surface area contributed by atoms with Crippen LogP contribution >= 0.6 is 11.6 Å². The number of benzene rings is 2. The van der Waals surface area contributed by atoms with E-state index in [1.54, 1.807) is 55.5 Å². The first-order valence-corrected chi connectivity index (χ1v) is 9.99. The fraction of sp³-hybridized carbons (Fsp3) is 0.364. The number of rotatable bonds is 6. The summed E-state index contributed by atoms with van der Waals surface area (Å²) in [6.07, 6.45) is 1.14. The van der Waals surface area contributed by atoms with E-state index in [0.29, 0.717) is 59.5 Å². The average Bonchev–Trinajstić information content (AvgIpc) is 2.78. The van der Waals surface area contributed by atoms with Crippen molar-refractivity contribution in [2.75, 3.05) is 39.7 Å². The number of hydrogen-bond donors (Lipinski definition) is 1. The smallest absolute Gasteiger partial charge is 0.254 e. The van der Waals surface area contributed by atoms with Gasteiger partial charge in [-0.1, -0.05) is 11.6 Å². The summed E-state index contributed by atoms with van der Waals surface area (Å²) in [5.74, 6) is 1.25. The van der Waals surface area contributed by atoms with Crippen molar-refractivity contribution < 1.29 is 23.8 Å². The number of ether oxygens (including phenoxy) is 3. The summed E-state index contributed by atoms with van der Waals surface area (Å²) in [6.45, 7) is 0.978. The van der Waals surface area contributed by atoms with E-state index in [2.05, 4.69) is 5.32 Å². The van der Waals surface area contributed by atoms with E-state index in [-0.39, 0.29) is 17.7 Å². The van der Waals surface area contributed by atoms with E-state index in [4.69, 9.17) is 25.8 Å². The molecule has 0 spiro atoms. The molecule has 0 aromatic heterocycles. The van der Waals surface area contributed by atoms with Gasteiger partial charge < -0.3 is 24.4 Å². The molecule has 0 aliphatic carbocycles. The summed E-state index contributed by atoms with van der Waals surface area (Å²) >= 11 is 6.03. The quantitative estimate of drug-likeness (QED) is 0.750. The Bertz CT molecular complexity index is 903. The number of piperidine rings is 1. The third-order valence-electron chi connectivity index (χ3n) is 5.17. The zero-order valence-electron chi connectivity index (χ0n) is 17.2. The highest BCUT2D eigenvalue weighted by molar-refractivity contribution is 6.31. The standard InChI is InChI=1S/C22H25ClN2O5/c1-28-17-10-15(11-18(13-17)29-2)22(27)25-8-6-14(7-9-25)21(26)24-19-12-16(23)4-5-20(19)30-3/h4-5,10-14H,6-9H2,1-3H3,(H,24,26). The molecule has 1 heterocycles.